The number of carbonyl (C=O) groups is 2. The minimum atomic E-state index is -3.90. The number of amides is 2. The van der Waals surface area contributed by atoms with E-state index in [1.807, 2.05) is 0 Å². The number of hydrogen-bond donors (Lipinski definition) is 1. The predicted molar refractivity (Wildman–Crippen MR) is 146 cm³/mol. The average molecular weight is 595 g/mol. The Morgan fingerprint density at radius 3 is 2.17 bits per heavy atom. The molecular formula is C24H27Cl4N3O4S. The van der Waals surface area contributed by atoms with Gasteiger partial charge in [-0.3, -0.25) is 13.9 Å². The highest BCUT2D eigenvalue weighted by atomic mass is 35.5. The van der Waals surface area contributed by atoms with Crippen LogP contribution in [0.15, 0.2) is 36.4 Å². The maximum absolute atomic E-state index is 13.6. The lowest BCUT2D eigenvalue weighted by Crippen LogP contribution is -2.52. The molecule has 2 aromatic rings. The topological polar surface area (TPSA) is 86.8 Å². The van der Waals surface area contributed by atoms with Crippen molar-refractivity contribution in [3.63, 3.8) is 0 Å². The average Bonchev–Trinajstić information content (AvgIpc) is 3.31. The Bertz CT molecular complexity index is 1220. The van der Waals surface area contributed by atoms with Gasteiger partial charge in [0, 0.05) is 28.2 Å². The van der Waals surface area contributed by atoms with Gasteiger partial charge in [-0.15, -0.1) is 0 Å². The maximum Gasteiger partial charge on any atom is 0.244 e. The minimum Gasteiger partial charge on any atom is -0.352 e. The first kappa shape index (κ1) is 28.9. The lowest BCUT2D eigenvalue weighted by atomic mass is 10.1. The largest absolute Gasteiger partial charge is 0.352 e. The molecule has 0 aliphatic heterocycles. The molecule has 0 unspecified atom stereocenters. The summed E-state index contributed by atoms with van der Waals surface area (Å²) in [6.45, 7) is 0.937. The molecule has 1 aliphatic carbocycles. The van der Waals surface area contributed by atoms with E-state index in [-0.39, 0.29) is 34.2 Å². The van der Waals surface area contributed by atoms with Crippen molar-refractivity contribution in [1.82, 2.24) is 10.2 Å². The van der Waals surface area contributed by atoms with Crippen LogP contribution in [0.25, 0.3) is 0 Å². The van der Waals surface area contributed by atoms with E-state index in [1.165, 1.54) is 23.1 Å². The Labute approximate surface area is 231 Å². The monoisotopic (exact) mass is 593 g/mol. The van der Waals surface area contributed by atoms with Gasteiger partial charge in [-0.05, 0) is 50.1 Å². The molecule has 3 rings (SSSR count). The molecule has 2 amide bonds. The van der Waals surface area contributed by atoms with Gasteiger partial charge in [0.25, 0.3) is 0 Å². The molecule has 0 bridgehead atoms. The Hall–Kier alpha value is -1.71. The number of nitrogens with one attached hydrogen (secondary N) is 1. The summed E-state index contributed by atoms with van der Waals surface area (Å²) in [5, 5.41) is 4.03. The van der Waals surface area contributed by atoms with Gasteiger partial charge >= 0.3 is 0 Å². The summed E-state index contributed by atoms with van der Waals surface area (Å²) in [4.78, 5) is 28.0. The van der Waals surface area contributed by atoms with Crippen molar-refractivity contribution in [2.75, 3.05) is 17.1 Å². The second kappa shape index (κ2) is 12.2. The summed E-state index contributed by atoms with van der Waals surface area (Å²) in [5.74, 6) is -0.949. The number of anilines is 1. The lowest BCUT2D eigenvalue weighted by molar-refractivity contribution is -0.139. The zero-order valence-corrected chi connectivity index (χ0v) is 23.6. The summed E-state index contributed by atoms with van der Waals surface area (Å²) in [5.41, 5.74) is 0.620. The Morgan fingerprint density at radius 1 is 1.00 bits per heavy atom. The highest BCUT2D eigenvalue weighted by Gasteiger charge is 2.32. The second-order valence-electron chi connectivity index (χ2n) is 8.76. The van der Waals surface area contributed by atoms with Crippen molar-refractivity contribution in [3.05, 3.63) is 62.1 Å². The molecule has 7 nitrogen and oxygen atoms in total. The molecule has 0 radical (unpaired) electrons. The fourth-order valence-electron chi connectivity index (χ4n) is 4.08. The van der Waals surface area contributed by atoms with Crippen LogP contribution in [0.3, 0.4) is 0 Å². The van der Waals surface area contributed by atoms with E-state index in [9.17, 15) is 18.0 Å². The molecule has 1 fully saturated rings. The highest BCUT2D eigenvalue weighted by Crippen LogP contribution is 2.30. The van der Waals surface area contributed by atoms with Crippen LogP contribution in [0.5, 0.6) is 0 Å². The van der Waals surface area contributed by atoms with E-state index in [1.54, 1.807) is 25.1 Å². The van der Waals surface area contributed by atoms with Gasteiger partial charge < -0.3 is 10.2 Å². The summed E-state index contributed by atoms with van der Waals surface area (Å²) >= 11 is 24.8. The molecule has 1 atom stereocenters. The fraction of sp³-hybridized carbons (Fsp3) is 0.417. The molecular weight excluding hydrogens is 568 g/mol. The first-order chi connectivity index (χ1) is 16.9. The molecule has 0 aromatic heterocycles. The predicted octanol–water partition coefficient (Wildman–Crippen LogP) is 5.54. The van der Waals surface area contributed by atoms with Crippen LogP contribution in [0.1, 0.15) is 38.2 Å². The van der Waals surface area contributed by atoms with E-state index >= 15 is 0 Å². The third kappa shape index (κ3) is 7.19. The first-order valence-corrected chi connectivity index (χ1v) is 14.7. The van der Waals surface area contributed by atoms with Crippen molar-refractivity contribution in [3.8, 4) is 0 Å². The minimum absolute atomic E-state index is 0.0459. The Morgan fingerprint density at radius 2 is 1.61 bits per heavy atom. The van der Waals surface area contributed by atoms with Crippen LogP contribution in [0.4, 0.5) is 5.69 Å². The number of sulfonamides is 1. The van der Waals surface area contributed by atoms with Crippen LogP contribution < -0.4 is 9.62 Å². The molecule has 2 aromatic carbocycles. The SMILES string of the molecule is C[C@@H](C(=O)NC1CCCC1)N(Cc1c(Cl)cccc1Cl)C(=O)CN(c1ccc(Cl)c(Cl)c1)S(C)(=O)=O. The van der Waals surface area contributed by atoms with Crippen LogP contribution in [0.2, 0.25) is 20.1 Å². The van der Waals surface area contributed by atoms with Crippen molar-refractivity contribution in [2.45, 2.75) is 51.2 Å². The van der Waals surface area contributed by atoms with Crippen molar-refractivity contribution in [1.29, 1.82) is 0 Å². The lowest BCUT2D eigenvalue weighted by Gasteiger charge is -2.32. The molecule has 36 heavy (non-hydrogen) atoms. The molecule has 1 aliphatic rings. The molecule has 0 saturated heterocycles. The van der Waals surface area contributed by atoms with Gasteiger partial charge in [-0.25, -0.2) is 8.42 Å². The van der Waals surface area contributed by atoms with E-state index in [0.29, 0.717) is 15.6 Å². The van der Waals surface area contributed by atoms with E-state index < -0.39 is 28.5 Å². The zero-order valence-electron chi connectivity index (χ0n) is 19.8. The van der Waals surface area contributed by atoms with Crippen LogP contribution in [-0.2, 0) is 26.2 Å². The van der Waals surface area contributed by atoms with Gasteiger partial charge in [-0.2, -0.15) is 0 Å². The first-order valence-electron chi connectivity index (χ1n) is 11.3. The molecule has 1 N–H and O–H groups in total. The summed E-state index contributed by atoms with van der Waals surface area (Å²) < 4.78 is 26.2. The number of halogens is 4. The quantitative estimate of drug-likeness (QED) is 0.413. The van der Waals surface area contributed by atoms with Gasteiger partial charge in [0.15, 0.2) is 0 Å². The van der Waals surface area contributed by atoms with Gasteiger partial charge in [0.1, 0.15) is 12.6 Å². The fourth-order valence-corrected chi connectivity index (χ4v) is 5.73. The van der Waals surface area contributed by atoms with Gasteiger partial charge in [0.2, 0.25) is 21.8 Å². The van der Waals surface area contributed by atoms with E-state index in [0.717, 1.165) is 36.2 Å². The van der Waals surface area contributed by atoms with Crippen LogP contribution >= 0.6 is 46.4 Å². The molecule has 12 heteroatoms. The number of rotatable bonds is 9. The second-order valence-corrected chi connectivity index (χ2v) is 12.3. The third-order valence-corrected chi connectivity index (χ3v) is 8.72. The van der Waals surface area contributed by atoms with Gasteiger partial charge in [-0.1, -0.05) is 65.3 Å². The maximum atomic E-state index is 13.6. The normalized spacial score (nSPS) is 14.9. The number of hydrogen-bond acceptors (Lipinski definition) is 4. The molecule has 0 spiro atoms. The van der Waals surface area contributed by atoms with Gasteiger partial charge in [0.05, 0.1) is 22.0 Å². The van der Waals surface area contributed by atoms with E-state index in [2.05, 4.69) is 5.32 Å². The van der Waals surface area contributed by atoms with Crippen molar-refractivity contribution < 1.29 is 18.0 Å². The highest BCUT2D eigenvalue weighted by molar-refractivity contribution is 7.92. The van der Waals surface area contributed by atoms with Crippen LogP contribution in [-0.4, -0.2) is 50.0 Å². The molecule has 196 valence electrons. The third-order valence-electron chi connectivity index (χ3n) is 6.13. The Balaban J connectivity index is 1.94. The van der Waals surface area contributed by atoms with Crippen molar-refractivity contribution in [2.24, 2.45) is 0 Å². The van der Waals surface area contributed by atoms with Crippen molar-refractivity contribution >= 4 is 73.9 Å². The summed E-state index contributed by atoms with van der Waals surface area (Å²) in [7, 11) is -3.90. The number of benzene rings is 2. The Kier molecular flexibility index (Phi) is 9.80. The number of carbonyl (C=O) groups excluding carboxylic acids is 2. The number of nitrogens with zero attached hydrogens (tertiary/aromatic N) is 2. The molecule has 1 saturated carbocycles. The summed E-state index contributed by atoms with van der Waals surface area (Å²) in [6, 6.07) is 8.33. The van der Waals surface area contributed by atoms with Crippen LogP contribution in [0, 0.1) is 0 Å². The van der Waals surface area contributed by atoms with E-state index in [4.69, 9.17) is 46.4 Å². The zero-order chi connectivity index (χ0) is 26.6. The smallest absolute Gasteiger partial charge is 0.244 e. The standard InChI is InChI=1S/C24H27Cl4N3O4S/c1-15(24(33)29-16-6-3-4-7-16)30(13-18-19(25)8-5-9-20(18)26)23(32)14-31(36(2,34)35)17-10-11-21(27)22(28)12-17/h5,8-12,15-16H,3-4,6-7,13-14H2,1-2H3,(H,29,33)/t15-/m0/s1. The summed E-state index contributed by atoms with van der Waals surface area (Å²) in [6.07, 6.45) is 4.80. The molecule has 0 heterocycles.